The molecule has 3 nitrogen and oxygen atoms in total. The molecule has 19 heavy (non-hydrogen) atoms. The lowest BCUT2D eigenvalue weighted by Crippen LogP contribution is -2.30. The van der Waals surface area contributed by atoms with Crippen LogP contribution in [0.4, 0.5) is 5.69 Å². The van der Waals surface area contributed by atoms with Gasteiger partial charge in [-0.15, -0.1) is 0 Å². The van der Waals surface area contributed by atoms with Crippen molar-refractivity contribution in [2.45, 2.75) is 13.8 Å². The van der Waals surface area contributed by atoms with Crippen molar-refractivity contribution in [1.82, 2.24) is 0 Å². The Kier molecular flexibility index (Phi) is 3.85. The molecular weight excluding hydrogens is 238 g/mol. The molecule has 0 aliphatic carbocycles. The summed E-state index contributed by atoms with van der Waals surface area (Å²) in [4.78, 5) is 14.1. The Morgan fingerprint density at radius 3 is 2.16 bits per heavy atom. The number of nitrogens with zero attached hydrogens (tertiary/aromatic N) is 1. The summed E-state index contributed by atoms with van der Waals surface area (Å²) < 4.78 is 0. The quantitative estimate of drug-likeness (QED) is 0.913. The van der Waals surface area contributed by atoms with Crippen LogP contribution in [0.5, 0.6) is 5.75 Å². The molecule has 2 aromatic rings. The van der Waals surface area contributed by atoms with E-state index in [1.807, 2.05) is 38.1 Å². The number of hydrogen-bond donors (Lipinski definition) is 1. The molecule has 1 N–H and O–H groups in total. The summed E-state index contributed by atoms with van der Waals surface area (Å²) >= 11 is 0. The van der Waals surface area contributed by atoms with Crippen molar-refractivity contribution in [3.8, 4) is 5.75 Å². The zero-order valence-electron chi connectivity index (χ0n) is 11.1. The number of phenolic OH excluding ortho intramolecular Hbond substituents is 1. The SMILES string of the molecule is CCN(C(=O)c1ccc(O)cc1)c1ccc(C)cc1. The summed E-state index contributed by atoms with van der Waals surface area (Å²) in [5.41, 5.74) is 2.61. The Hall–Kier alpha value is -2.29. The summed E-state index contributed by atoms with van der Waals surface area (Å²) in [6.07, 6.45) is 0. The molecule has 0 aliphatic rings. The Balaban J connectivity index is 2.29. The molecule has 3 heteroatoms. The summed E-state index contributed by atoms with van der Waals surface area (Å²) in [7, 11) is 0. The Morgan fingerprint density at radius 2 is 1.63 bits per heavy atom. The first-order chi connectivity index (χ1) is 9.11. The fourth-order valence-corrected chi connectivity index (χ4v) is 1.93. The van der Waals surface area contributed by atoms with Crippen molar-refractivity contribution in [3.05, 3.63) is 59.7 Å². The van der Waals surface area contributed by atoms with Crippen LogP contribution in [-0.2, 0) is 0 Å². The average molecular weight is 255 g/mol. The normalized spacial score (nSPS) is 10.2. The van der Waals surface area contributed by atoms with Gasteiger partial charge in [0.15, 0.2) is 0 Å². The number of carbonyl (C=O) groups is 1. The highest BCUT2D eigenvalue weighted by Crippen LogP contribution is 2.19. The summed E-state index contributed by atoms with van der Waals surface area (Å²) in [5, 5.41) is 9.26. The number of benzene rings is 2. The van der Waals surface area contributed by atoms with Crippen LogP contribution in [0.2, 0.25) is 0 Å². The van der Waals surface area contributed by atoms with Crippen molar-refractivity contribution >= 4 is 11.6 Å². The van der Waals surface area contributed by atoms with Crippen LogP contribution < -0.4 is 4.90 Å². The average Bonchev–Trinajstić information content (AvgIpc) is 2.42. The van der Waals surface area contributed by atoms with E-state index >= 15 is 0 Å². The second-order valence-electron chi connectivity index (χ2n) is 4.43. The van der Waals surface area contributed by atoms with E-state index in [4.69, 9.17) is 0 Å². The zero-order valence-corrected chi connectivity index (χ0v) is 11.1. The van der Waals surface area contributed by atoms with Gasteiger partial charge in [-0.3, -0.25) is 4.79 Å². The molecule has 0 aromatic heterocycles. The first-order valence-corrected chi connectivity index (χ1v) is 6.29. The highest BCUT2D eigenvalue weighted by atomic mass is 16.3. The van der Waals surface area contributed by atoms with E-state index in [9.17, 15) is 9.90 Å². The Labute approximate surface area is 113 Å². The van der Waals surface area contributed by atoms with Crippen molar-refractivity contribution in [1.29, 1.82) is 0 Å². The van der Waals surface area contributed by atoms with Crippen LogP contribution in [0.1, 0.15) is 22.8 Å². The maximum atomic E-state index is 12.4. The number of amides is 1. The molecule has 2 rings (SSSR count). The van der Waals surface area contributed by atoms with Gasteiger partial charge in [0.1, 0.15) is 5.75 Å². The van der Waals surface area contributed by atoms with Gasteiger partial charge in [-0.05, 0) is 50.2 Å². The van der Waals surface area contributed by atoms with Gasteiger partial charge in [0.05, 0.1) is 0 Å². The number of carbonyl (C=O) groups excluding carboxylic acids is 1. The van der Waals surface area contributed by atoms with E-state index in [1.165, 1.54) is 12.1 Å². The molecule has 0 spiro atoms. The van der Waals surface area contributed by atoms with Crippen molar-refractivity contribution in [3.63, 3.8) is 0 Å². The van der Waals surface area contributed by atoms with Gasteiger partial charge < -0.3 is 10.0 Å². The minimum atomic E-state index is -0.0636. The molecule has 0 aliphatic heterocycles. The number of anilines is 1. The zero-order chi connectivity index (χ0) is 13.8. The van der Waals surface area contributed by atoms with E-state index in [2.05, 4.69) is 0 Å². The number of hydrogen-bond acceptors (Lipinski definition) is 2. The summed E-state index contributed by atoms with van der Waals surface area (Å²) in [5.74, 6) is 0.0984. The first kappa shape index (κ1) is 13.1. The molecule has 0 saturated carbocycles. The molecule has 0 fully saturated rings. The van der Waals surface area contributed by atoms with Gasteiger partial charge in [-0.2, -0.15) is 0 Å². The Morgan fingerprint density at radius 1 is 1.05 bits per heavy atom. The lowest BCUT2D eigenvalue weighted by Gasteiger charge is -2.21. The molecule has 0 bridgehead atoms. The van der Waals surface area contributed by atoms with E-state index in [0.717, 1.165) is 11.3 Å². The third-order valence-corrected chi connectivity index (χ3v) is 3.02. The van der Waals surface area contributed by atoms with Crippen LogP contribution in [0.25, 0.3) is 0 Å². The fourth-order valence-electron chi connectivity index (χ4n) is 1.93. The van der Waals surface area contributed by atoms with Crippen LogP contribution >= 0.6 is 0 Å². The monoisotopic (exact) mass is 255 g/mol. The van der Waals surface area contributed by atoms with Crippen molar-refractivity contribution in [2.24, 2.45) is 0 Å². The van der Waals surface area contributed by atoms with Crippen molar-refractivity contribution in [2.75, 3.05) is 11.4 Å². The molecule has 98 valence electrons. The van der Waals surface area contributed by atoms with Gasteiger partial charge in [0, 0.05) is 17.8 Å². The molecule has 0 atom stereocenters. The minimum absolute atomic E-state index is 0.0636. The van der Waals surface area contributed by atoms with E-state index < -0.39 is 0 Å². The third-order valence-electron chi connectivity index (χ3n) is 3.02. The lowest BCUT2D eigenvalue weighted by atomic mass is 10.1. The minimum Gasteiger partial charge on any atom is -0.508 e. The summed E-state index contributed by atoms with van der Waals surface area (Å²) in [6.45, 7) is 4.56. The highest BCUT2D eigenvalue weighted by Gasteiger charge is 2.15. The Bertz CT molecular complexity index is 558. The maximum Gasteiger partial charge on any atom is 0.258 e. The second kappa shape index (κ2) is 5.57. The molecule has 0 unspecified atom stereocenters. The fraction of sp³-hybridized carbons (Fsp3) is 0.188. The predicted molar refractivity (Wildman–Crippen MR) is 76.6 cm³/mol. The first-order valence-electron chi connectivity index (χ1n) is 6.29. The van der Waals surface area contributed by atoms with Gasteiger partial charge in [0.2, 0.25) is 0 Å². The molecule has 1 amide bonds. The third kappa shape index (κ3) is 2.94. The standard InChI is InChI=1S/C16H17NO2/c1-3-17(14-8-4-12(2)5-9-14)16(19)13-6-10-15(18)11-7-13/h4-11,18H,3H2,1-2H3. The highest BCUT2D eigenvalue weighted by molar-refractivity contribution is 6.06. The number of rotatable bonds is 3. The van der Waals surface area contributed by atoms with E-state index in [1.54, 1.807) is 17.0 Å². The number of phenols is 1. The predicted octanol–water partition coefficient (Wildman–Crippen LogP) is 3.37. The molecule has 0 saturated heterocycles. The molecule has 2 aromatic carbocycles. The topological polar surface area (TPSA) is 40.5 Å². The largest absolute Gasteiger partial charge is 0.508 e. The molecule has 0 radical (unpaired) electrons. The van der Waals surface area contributed by atoms with Gasteiger partial charge in [-0.1, -0.05) is 17.7 Å². The van der Waals surface area contributed by atoms with Gasteiger partial charge >= 0.3 is 0 Å². The second-order valence-corrected chi connectivity index (χ2v) is 4.43. The van der Waals surface area contributed by atoms with Crippen LogP contribution in [0, 0.1) is 6.92 Å². The van der Waals surface area contributed by atoms with Crippen LogP contribution in [0.3, 0.4) is 0 Å². The molecule has 0 heterocycles. The lowest BCUT2D eigenvalue weighted by molar-refractivity contribution is 0.0988. The smallest absolute Gasteiger partial charge is 0.258 e. The maximum absolute atomic E-state index is 12.4. The molecular formula is C16H17NO2. The number of aryl methyl sites for hydroxylation is 1. The van der Waals surface area contributed by atoms with Crippen LogP contribution in [0.15, 0.2) is 48.5 Å². The van der Waals surface area contributed by atoms with Gasteiger partial charge in [-0.25, -0.2) is 0 Å². The van der Waals surface area contributed by atoms with Crippen LogP contribution in [-0.4, -0.2) is 17.6 Å². The van der Waals surface area contributed by atoms with Crippen molar-refractivity contribution < 1.29 is 9.90 Å². The van der Waals surface area contributed by atoms with E-state index in [-0.39, 0.29) is 11.7 Å². The summed E-state index contributed by atoms with van der Waals surface area (Å²) in [6, 6.07) is 14.2. The van der Waals surface area contributed by atoms with Gasteiger partial charge in [0.25, 0.3) is 5.91 Å². The van der Waals surface area contributed by atoms with E-state index in [0.29, 0.717) is 12.1 Å². The number of aromatic hydroxyl groups is 1.